The average Bonchev–Trinajstić information content (AvgIpc) is 2.58. The molecule has 0 aliphatic carbocycles. The third-order valence-electron chi connectivity index (χ3n) is 3.30. The lowest BCUT2D eigenvalue weighted by atomic mass is 10.2. The van der Waals surface area contributed by atoms with E-state index in [1.165, 1.54) is 18.3 Å². The van der Waals surface area contributed by atoms with Crippen LogP contribution in [0.5, 0.6) is 5.75 Å². The zero-order valence-corrected chi connectivity index (χ0v) is 13.6. The molecule has 0 saturated carbocycles. The SMILES string of the molecule is COc1ccc(/C=C/CC(=O)Nc2ccc(=O)n(CC(=O)O)c2)cc1. The van der Waals surface area contributed by atoms with E-state index >= 15 is 0 Å². The first-order chi connectivity index (χ1) is 12.0. The molecule has 1 amide bonds. The zero-order valence-electron chi connectivity index (χ0n) is 13.6. The minimum atomic E-state index is -1.13. The summed E-state index contributed by atoms with van der Waals surface area (Å²) in [6.07, 6.45) is 4.97. The molecule has 2 rings (SSSR count). The maximum absolute atomic E-state index is 11.9. The van der Waals surface area contributed by atoms with E-state index in [-0.39, 0.29) is 12.3 Å². The molecule has 0 fully saturated rings. The van der Waals surface area contributed by atoms with E-state index in [9.17, 15) is 14.4 Å². The first-order valence-corrected chi connectivity index (χ1v) is 7.50. The Morgan fingerprint density at radius 3 is 2.56 bits per heavy atom. The van der Waals surface area contributed by atoms with Crippen molar-refractivity contribution in [1.29, 1.82) is 0 Å². The summed E-state index contributed by atoms with van der Waals surface area (Å²) in [6, 6.07) is 10.0. The van der Waals surface area contributed by atoms with Crippen molar-refractivity contribution in [2.24, 2.45) is 0 Å². The van der Waals surface area contributed by atoms with Crippen molar-refractivity contribution in [2.75, 3.05) is 12.4 Å². The van der Waals surface area contributed by atoms with Crippen molar-refractivity contribution in [3.63, 3.8) is 0 Å². The number of hydrogen-bond donors (Lipinski definition) is 2. The molecule has 0 aliphatic rings. The van der Waals surface area contributed by atoms with Gasteiger partial charge in [0, 0.05) is 18.7 Å². The zero-order chi connectivity index (χ0) is 18.2. The van der Waals surface area contributed by atoms with Gasteiger partial charge in [-0.05, 0) is 23.8 Å². The summed E-state index contributed by atoms with van der Waals surface area (Å²) in [6.45, 7) is -0.458. The summed E-state index contributed by atoms with van der Waals surface area (Å²) in [5.41, 5.74) is 0.854. The second kappa shape index (κ2) is 8.49. The van der Waals surface area contributed by atoms with Crippen LogP contribution in [0.1, 0.15) is 12.0 Å². The van der Waals surface area contributed by atoms with Crippen molar-refractivity contribution < 1.29 is 19.4 Å². The number of ether oxygens (including phenoxy) is 1. The van der Waals surface area contributed by atoms with Crippen LogP contribution in [0.3, 0.4) is 0 Å². The first-order valence-electron chi connectivity index (χ1n) is 7.50. The fourth-order valence-corrected chi connectivity index (χ4v) is 2.10. The van der Waals surface area contributed by atoms with Crippen LogP contribution >= 0.6 is 0 Å². The van der Waals surface area contributed by atoms with Gasteiger partial charge in [-0.1, -0.05) is 24.3 Å². The number of benzene rings is 1. The van der Waals surface area contributed by atoms with E-state index in [1.54, 1.807) is 13.2 Å². The largest absolute Gasteiger partial charge is 0.497 e. The van der Waals surface area contributed by atoms with Gasteiger partial charge in [-0.2, -0.15) is 0 Å². The molecule has 0 radical (unpaired) electrons. The summed E-state index contributed by atoms with van der Waals surface area (Å²) >= 11 is 0. The van der Waals surface area contributed by atoms with E-state index in [4.69, 9.17) is 9.84 Å². The topological polar surface area (TPSA) is 97.6 Å². The van der Waals surface area contributed by atoms with Crippen LogP contribution in [-0.2, 0) is 16.1 Å². The molecule has 0 saturated heterocycles. The molecule has 0 aliphatic heterocycles. The summed E-state index contributed by atoms with van der Waals surface area (Å²) < 4.78 is 6.09. The molecule has 0 bridgehead atoms. The van der Waals surface area contributed by atoms with Gasteiger partial charge in [0.25, 0.3) is 5.56 Å². The van der Waals surface area contributed by atoms with E-state index < -0.39 is 18.1 Å². The Kier molecular flexibility index (Phi) is 6.11. The second-order valence-electron chi connectivity index (χ2n) is 5.21. The Morgan fingerprint density at radius 1 is 1.20 bits per heavy atom. The van der Waals surface area contributed by atoms with Gasteiger partial charge >= 0.3 is 5.97 Å². The van der Waals surface area contributed by atoms with E-state index in [2.05, 4.69) is 5.32 Å². The number of aromatic nitrogens is 1. The molecule has 1 aromatic heterocycles. The second-order valence-corrected chi connectivity index (χ2v) is 5.21. The van der Waals surface area contributed by atoms with Crippen LogP contribution in [0.2, 0.25) is 0 Å². The number of nitrogens with zero attached hydrogens (tertiary/aromatic N) is 1. The lowest BCUT2D eigenvalue weighted by Crippen LogP contribution is -2.23. The summed E-state index contributed by atoms with van der Waals surface area (Å²) in [4.78, 5) is 34.2. The van der Waals surface area contributed by atoms with E-state index in [1.807, 2.05) is 30.3 Å². The van der Waals surface area contributed by atoms with Gasteiger partial charge < -0.3 is 19.7 Å². The van der Waals surface area contributed by atoms with E-state index in [0.717, 1.165) is 15.9 Å². The van der Waals surface area contributed by atoms with Crippen molar-refractivity contribution >= 4 is 23.6 Å². The predicted octanol–water partition coefficient (Wildman–Crippen LogP) is 1.98. The summed E-state index contributed by atoms with van der Waals surface area (Å²) in [5, 5.41) is 11.4. The van der Waals surface area contributed by atoms with Crippen molar-refractivity contribution in [3.05, 3.63) is 64.6 Å². The Bertz CT molecular complexity index is 837. The van der Waals surface area contributed by atoms with Crippen LogP contribution in [0.4, 0.5) is 5.69 Å². The highest BCUT2D eigenvalue weighted by atomic mass is 16.5. The highest BCUT2D eigenvalue weighted by Crippen LogP contribution is 2.12. The standard InChI is InChI=1S/C18H18N2O5/c1-25-15-8-5-13(6-9-15)3-2-4-16(21)19-14-7-10-17(22)20(11-14)12-18(23)24/h2-3,5-11H,4,12H2,1H3,(H,19,21)(H,23,24)/b3-2+. The number of amides is 1. The third kappa shape index (κ3) is 5.65. The van der Waals surface area contributed by atoms with Crippen LogP contribution < -0.4 is 15.6 Å². The fraction of sp³-hybridized carbons (Fsp3) is 0.167. The van der Waals surface area contributed by atoms with Crippen LogP contribution in [-0.4, -0.2) is 28.7 Å². The number of carbonyl (C=O) groups excluding carboxylic acids is 1. The lowest BCUT2D eigenvalue weighted by Gasteiger charge is -2.07. The van der Waals surface area contributed by atoms with Crippen molar-refractivity contribution in [2.45, 2.75) is 13.0 Å². The molecule has 2 aromatic rings. The smallest absolute Gasteiger partial charge is 0.323 e. The Hall–Kier alpha value is -3.35. The Morgan fingerprint density at radius 2 is 1.92 bits per heavy atom. The summed E-state index contributed by atoms with van der Waals surface area (Å²) in [5.74, 6) is -0.648. The maximum Gasteiger partial charge on any atom is 0.323 e. The van der Waals surface area contributed by atoms with Gasteiger partial charge in [-0.25, -0.2) is 0 Å². The minimum Gasteiger partial charge on any atom is -0.497 e. The number of rotatable bonds is 7. The normalized spacial score (nSPS) is 10.6. The van der Waals surface area contributed by atoms with Gasteiger partial charge in [0.2, 0.25) is 5.91 Å². The highest BCUT2D eigenvalue weighted by Gasteiger charge is 2.05. The Balaban J connectivity index is 1.94. The molecule has 25 heavy (non-hydrogen) atoms. The maximum atomic E-state index is 11.9. The molecule has 0 spiro atoms. The van der Waals surface area contributed by atoms with Gasteiger partial charge in [-0.15, -0.1) is 0 Å². The number of methoxy groups -OCH3 is 1. The van der Waals surface area contributed by atoms with Crippen molar-refractivity contribution in [1.82, 2.24) is 4.57 Å². The first kappa shape index (κ1) is 18.0. The molecule has 1 aromatic carbocycles. The van der Waals surface area contributed by atoms with Gasteiger partial charge in [0.05, 0.1) is 12.8 Å². The number of pyridine rings is 1. The number of aliphatic carboxylic acids is 1. The molecule has 130 valence electrons. The molecule has 7 nitrogen and oxygen atoms in total. The third-order valence-corrected chi connectivity index (χ3v) is 3.30. The predicted molar refractivity (Wildman–Crippen MR) is 93.6 cm³/mol. The van der Waals surface area contributed by atoms with Crippen LogP contribution in [0, 0.1) is 0 Å². The number of anilines is 1. The number of hydrogen-bond acceptors (Lipinski definition) is 4. The highest BCUT2D eigenvalue weighted by molar-refractivity contribution is 5.91. The number of carboxylic acids is 1. The number of carbonyl (C=O) groups is 2. The minimum absolute atomic E-state index is 0.143. The summed E-state index contributed by atoms with van der Waals surface area (Å²) in [7, 11) is 1.59. The molecule has 7 heteroatoms. The number of carboxylic acid groups (broad SMARTS) is 1. The fourth-order valence-electron chi connectivity index (χ4n) is 2.10. The van der Waals surface area contributed by atoms with Crippen LogP contribution in [0.25, 0.3) is 6.08 Å². The number of nitrogens with one attached hydrogen (secondary N) is 1. The van der Waals surface area contributed by atoms with Gasteiger partial charge in [-0.3, -0.25) is 14.4 Å². The average molecular weight is 342 g/mol. The molecule has 1 heterocycles. The molecular formula is C18H18N2O5. The lowest BCUT2D eigenvalue weighted by molar-refractivity contribution is -0.137. The molecule has 0 unspecified atom stereocenters. The Labute approximate surface area is 144 Å². The van der Waals surface area contributed by atoms with E-state index in [0.29, 0.717) is 5.69 Å². The van der Waals surface area contributed by atoms with Gasteiger partial charge in [0.1, 0.15) is 12.3 Å². The monoisotopic (exact) mass is 342 g/mol. The van der Waals surface area contributed by atoms with Crippen LogP contribution in [0.15, 0.2) is 53.5 Å². The van der Waals surface area contributed by atoms with Crippen molar-refractivity contribution in [3.8, 4) is 5.75 Å². The molecular weight excluding hydrogens is 324 g/mol. The molecule has 0 atom stereocenters. The van der Waals surface area contributed by atoms with Gasteiger partial charge in [0.15, 0.2) is 0 Å². The molecule has 2 N–H and O–H groups in total. The quantitative estimate of drug-likeness (QED) is 0.802.